The largest absolute Gasteiger partial charge is 0.470 e. The zero-order chi connectivity index (χ0) is 12.4. The average Bonchev–Trinajstić information content (AvgIpc) is 1.94. The molecule has 0 N–H and O–H groups in total. The Morgan fingerprint density at radius 3 is 1.80 bits per heavy atom. The fourth-order valence-electron chi connectivity index (χ4n) is 1.06. The van der Waals surface area contributed by atoms with E-state index in [4.69, 9.17) is 0 Å². The van der Waals surface area contributed by atoms with Crippen molar-refractivity contribution in [2.24, 2.45) is 5.41 Å². The normalized spacial score (nSPS) is 13.1. The summed E-state index contributed by atoms with van der Waals surface area (Å²) in [5.74, 6) is -1.71. The lowest BCUT2D eigenvalue weighted by atomic mass is 9.97. The Labute approximate surface area is 90.1 Å². The van der Waals surface area contributed by atoms with Crippen molar-refractivity contribution in [3.63, 3.8) is 0 Å². The first-order valence-corrected chi connectivity index (χ1v) is 7.09. The fourth-order valence-corrected chi connectivity index (χ4v) is 2.38. The van der Waals surface area contributed by atoms with Gasteiger partial charge in [0.05, 0.1) is 0 Å². The van der Waals surface area contributed by atoms with E-state index in [1.54, 1.807) is 13.1 Å². The summed E-state index contributed by atoms with van der Waals surface area (Å²) in [6.45, 7) is 8.95. The molecule has 0 aromatic carbocycles. The van der Waals surface area contributed by atoms with E-state index in [9.17, 15) is 18.0 Å². The van der Waals surface area contributed by atoms with E-state index in [1.807, 2.05) is 20.8 Å². The van der Waals surface area contributed by atoms with Gasteiger partial charge >= 0.3 is 12.1 Å². The summed E-state index contributed by atoms with van der Waals surface area (Å²) in [6, 6.07) is 0. The highest BCUT2D eigenvalue weighted by molar-refractivity contribution is 6.55. The van der Waals surface area contributed by atoms with Crippen molar-refractivity contribution in [1.29, 1.82) is 0 Å². The van der Waals surface area contributed by atoms with Crippen LogP contribution in [-0.4, -0.2) is 32.2 Å². The van der Waals surface area contributed by atoms with Crippen LogP contribution in [0.25, 0.3) is 0 Å². The highest BCUT2D eigenvalue weighted by Gasteiger charge is 2.44. The van der Waals surface area contributed by atoms with E-state index in [0.717, 1.165) is 4.57 Å². The number of halogens is 3. The molecule has 0 saturated carbocycles. The van der Waals surface area contributed by atoms with E-state index in [-0.39, 0.29) is 12.0 Å². The summed E-state index contributed by atoms with van der Waals surface area (Å²) in [4.78, 5) is 11.1. The molecule has 0 aliphatic carbocycles. The van der Waals surface area contributed by atoms with Crippen LogP contribution in [-0.2, 0) is 4.79 Å². The average molecular weight is 240 g/mol. The molecule has 0 aromatic heterocycles. The number of alkyl halides is 3. The third kappa shape index (κ3) is 5.20. The molecule has 0 unspecified atom stereocenters. The van der Waals surface area contributed by atoms with Crippen LogP contribution >= 0.6 is 0 Å². The first kappa shape index (κ1) is 14.5. The van der Waals surface area contributed by atoms with E-state index >= 15 is 0 Å². The molecule has 1 amide bonds. The van der Waals surface area contributed by atoms with Gasteiger partial charge in [-0.1, -0.05) is 33.9 Å². The van der Waals surface area contributed by atoms with Gasteiger partial charge in [-0.05, 0) is 5.41 Å². The van der Waals surface area contributed by atoms with E-state index in [0.29, 0.717) is 0 Å². The molecule has 0 spiro atoms. The van der Waals surface area contributed by atoms with Crippen molar-refractivity contribution in [3.8, 4) is 0 Å². The molecule has 0 heterocycles. The lowest BCUT2D eigenvalue weighted by Gasteiger charge is -2.32. The summed E-state index contributed by atoms with van der Waals surface area (Å²) in [5.41, 5.74) is -0.317. The second kappa shape index (κ2) is 4.55. The Hall–Kier alpha value is -0.523. The zero-order valence-electron chi connectivity index (χ0n) is 9.70. The summed E-state index contributed by atoms with van der Waals surface area (Å²) in [7, 11) is -1.42. The number of hydrogen-bond donors (Lipinski definition) is 0. The quantitative estimate of drug-likeness (QED) is 0.680. The highest BCUT2D eigenvalue weighted by atomic mass is 28.3. The molecule has 89 valence electrons. The summed E-state index contributed by atoms with van der Waals surface area (Å²) in [5, 5.41) is 0. The number of rotatable bonds is 2. The van der Waals surface area contributed by atoms with Crippen LogP contribution in [0.4, 0.5) is 13.2 Å². The Bertz CT molecular complexity index is 232. The summed E-state index contributed by atoms with van der Waals surface area (Å²) < 4.78 is 37.7. The second-order valence-corrected chi connectivity index (χ2v) is 7.33. The minimum atomic E-state index is -4.76. The molecule has 0 saturated heterocycles. The molecule has 0 aliphatic heterocycles. The number of hydrogen-bond acceptors (Lipinski definition) is 1. The van der Waals surface area contributed by atoms with Gasteiger partial charge in [-0.2, -0.15) is 13.2 Å². The second-order valence-electron chi connectivity index (χ2n) is 4.90. The molecular weight excluding hydrogens is 223 g/mol. The lowest BCUT2D eigenvalue weighted by Crippen LogP contribution is -2.50. The fraction of sp³-hybridized carbons (Fsp3) is 0.889. The molecule has 15 heavy (non-hydrogen) atoms. The van der Waals surface area contributed by atoms with E-state index in [1.165, 1.54) is 0 Å². The van der Waals surface area contributed by atoms with Gasteiger partial charge in [0.2, 0.25) is 0 Å². The SMILES string of the molecule is C[Si](C)N(CC(C)(C)C)C(=O)C(F)(F)F. The Morgan fingerprint density at radius 2 is 1.60 bits per heavy atom. The predicted octanol–water partition coefficient (Wildman–Crippen LogP) is 2.67. The van der Waals surface area contributed by atoms with Crippen molar-refractivity contribution >= 4 is 14.9 Å². The number of carbonyl (C=O) groups is 1. The van der Waals surface area contributed by atoms with Crippen LogP contribution in [0.5, 0.6) is 0 Å². The standard InChI is InChI=1S/C9H17F3NOSi/c1-8(2,3)6-13(15(4)5)7(14)9(10,11)12/h6H2,1-5H3. The Morgan fingerprint density at radius 1 is 1.20 bits per heavy atom. The highest BCUT2D eigenvalue weighted by Crippen LogP contribution is 2.23. The molecular formula is C9H17F3NOSi. The van der Waals surface area contributed by atoms with Crippen molar-refractivity contribution in [1.82, 2.24) is 4.57 Å². The molecule has 2 nitrogen and oxygen atoms in total. The minimum Gasteiger partial charge on any atom is -0.362 e. The zero-order valence-corrected chi connectivity index (χ0v) is 10.7. The molecule has 0 fully saturated rings. The van der Waals surface area contributed by atoms with Crippen LogP contribution in [0, 0.1) is 5.41 Å². The van der Waals surface area contributed by atoms with E-state index in [2.05, 4.69) is 0 Å². The maximum atomic E-state index is 12.3. The van der Waals surface area contributed by atoms with Gasteiger partial charge in [-0.3, -0.25) is 4.79 Å². The molecule has 0 rings (SSSR count). The maximum absolute atomic E-state index is 12.3. The maximum Gasteiger partial charge on any atom is 0.470 e. The Balaban J connectivity index is 4.77. The summed E-state index contributed by atoms with van der Waals surface area (Å²) >= 11 is 0. The third-order valence-corrected chi connectivity index (χ3v) is 3.10. The van der Waals surface area contributed by atoms with Gasteiger partial charge in [-0.15, -0.1) is 0 Å². The van der Waals surface area contributed by atoms with E-state index < -0.39 is 21.0 Å². The van der Waals surface area contributed by atoms with Crippen LogP contribution in [0.1, 0.15) is 20.8 Å². The van der Waals surface area contributed by atoms with Crippen LogP contribution in [0.15, 0.2) is 0 Å². The number of amides is 1. The Kier molecular flexibility index (Phi) is 4.39. The van der Waals surface area contributed by atoms with Crippen molar-refractivity contribution < 1.29 is 18.0 Å². The topological polar surface area (TPSA) is 20.3 Å². The smallest absolute Gasteiger partial charge is 0.362 e. The van der Waals surface area contributed by atoms with Crippen LogP contribution in [0.2, 0.25) is 13.1 Å². The van der Waals surface area contributed by atoms with Gasteiger partial charge < -0.3 is 4.57 Å². The molecule has 0 aromatic rings. The van der Waals surface area contributed by atoms with Crippen molar-refractivity contribution in [3.05, 3.63) is 0 Å². The van der Waals surface area contributed by atoms with Gasteiger partial charge in [0.25, 0.3) is 0 Å². The molecule has 6 heteroatoms. The lowest BCUT2D eigenvalue weighted by molar-refractivity contribution is -0.181. The predicted molar refractivity (Wildman–Crippen MR) is 54.7 cm³/mol. The van der Waals surface area contributed by atoms with Gasteiger partial charge in [0.1, 0.15) is 0 Å². The molecule has 0 bridgehead atoms. The van der Waals surface area contributed by atoms with Gasteiger partial charge in [0.15, 0.2) is 8.96 Å². The van der Waals surface area contributed by atoms with Crippen LogP contribution < -0.4 is 0 Å². The number of carbonyl (C=O) groups excluding carboxylic acids is 1. The summed E-state index contributed by atoms with van der Waals surface area (Å²) in [6.07, 6.45) is -4.76. The van der Waals surface area contributed by atoms with Crippen molar-refractivity contribution in [2.75, 3.05) is 6.54 Å². The molecule has 1 radical (unpaired) electrons. The molecule has 0 atom stereocenters. The van der Waals surface area contributed by atoms with Crippen LogP contribution in [0.3, 0.4) is 0 Å². The first-order valence-electron chi connectivity index (χ1n) is 4.64. The van der Waals surface area contributed by atoms with Crippen molar-refractivity contribution in [2.45, 2.75) is 40.0 Å². The molecule has 0 aliphatic rings. The third-order valence-electron chi connectivity index (χ3n) is 1.66. The van der Waals surface area contributed by atoms with Gasteiger partial charge in [0, 0.05) is 6.54 Å². The first-order chi connectivity index (χ1) is 6.45. The minimum absolute atomic E-state index is 0.145. The van der Waals surface area contributed by atoms with Gasteiger partial charge in [-0.25, -0.2) is 0 Å². The number of nitrogens with zero attached hydrogens (tertiary/aromatic N) is 1. The monoisotopic (exact) mass is 240 g/mol.